The molecule has 5 heteroatoms. The number of para-hydroxylation sites is 3. The molecule has 0 aliphatic heterocycles. The van der Waals surface area contributed by atoms with E-state index in [1.54, 1.807) is 0 Å². The number of hydrogen-bond acceptors (Lipinski definition) is 3. The molecule has 0 saturated carbocycles. The molecule has 0 atom stereocenters. The summed E-state index contributed by atoms with van der Waals surface area (Å²) in [5.41, 5.74) is 11.1. The molecule has 0 aliphatic rings. The molecule has 0 N–H and O–H groups in total. The second kappa shape index (κ2) is 11.0. The molecule has 5 nitrogen and oxygen atoms in total. The topological polar surface area (TPSA) is 59.4 Å². The smallest absolute Gasteiger partial charge is 0.235 e. The first-order chi connectivity index (χ1) is 24.7. The molecule has 3 aromatic heterocycles. The predicted molar refractivity (Wildman–Crippen MR) is 204 cm³/mol. The fourth-order valence-electron chi connectivity index (χ4n) is 7.49. The molecule has 10 rings (SSSR count). The van der Waals surface area contributed by atoms with Crippen molar-refractivity contribution in [2.24, 2.45) is 0 Å². The van der Waals surface area contributed by atoms with E-state index < -0.39 is 0 Å². The summed E-state index contributed by atoms with van der Waals surface area (Å²) in [5, 5.41) is 15.3. The van der Waals surface area contributed by atoms with Gasteiger partial charge < -0.3 is 4.57 Å². The van der Waals surface area contributed by atoms with Crippen molar-refractivity contribution < 1.29 is 0 Å². The fourth-order valence-corrected chi connectivity index (χ4v) is 7.49. The van der Waals surface area contributed by atoms with Crippen molar-refractivity contribution in [2.75, 3.05) is 0 Å². The first-order valence-electron chi connectivity index (χ1n) is 16.6. The lowest BCUT2D eigenvalue weighted by Crippen LogP contribution is -2.03. The molecule has 232 valence electrons. The van der Waals surface area contributed by atoms with Gasteiger partial charge in [-0.15, -0.1) is 0 Å². The number of rotatable bonds is 4. The zero-order valence-corrected chi connectivity index (χ0v) is 26.8. The van der Waals surface area contributed by atoms with Crippen LogP contribution in [-0.2, 0) is 0 Å². The molecule has 0 fully saturated rings. The van der Waals surface area contributed by atoms with Gasteiger partial charge in [0.15, 0.2) is 0 Å². The van der Waals surface area contributed by atoms with Crippen molar-refractivity contribution in [1.29, 1.82) is 5.26 Å². The van der Waals surface area contributed by atoms with Crippen LogP contribution in [0.25, 0.3) is 88.5 Å². The summed E-state index contributed by atoms with van der Waals surface area (Å²) in [4.78, 5) is 10.3. The maximum Gasteiger partial charge on any atom is 0.235 e. The molecule has 0 aliphatic carbocycles. The molecule has 0 spiro atoms. The molecular weight excluding hydrogens is 611 g/mol. The van der Waals surface area contributed by atoms with E-state index >= 15 is 0 Å². The van der Waals surface area contributed by atoms with Crippen molar-refractivity contribution in [1.82, 2.24) is 19.1 Å². The van der Waals surface area contributed by atoms with E-state index in [-0.39, 0.29) is 0 Å². The van der Waals surface area contributed by atoms with Gasteiger partial charge in [-0.1, -0.05) is 103 Å². The number of aromatic nitrogens is 4. The van der Waals surface area contributed by atoms with Crippen LogP contribution >= 0.6 is 0 Å². The Balaban J connectivity index is 1.17. The fraction of sp³-hybridized carbons (Fsp3) is 0. The van der Waals surface area contributed by atoms with E-state index in [0.717, 1.165) is 71.8 Å². The maximum absolute atomic E-state index is 9.59. The lowest BCUT2D eigenvalue weighted by molar-refractivity contribution is 1.01. The Bertz CT molecular complexity index is 3000. The molecule has 0 saturated heterocycles. The second-order valence-electron chi connectivity index (χ2n) is 12.6. The van der Waals surface area contributed by atoms with E-state index in [9.17, 15) is 5.26 Å². The molecule has 3 heterocycles. The third-order valence-electron chi connectivity index (χ3n) is 9.75. The summed E-state index contributed by atoms with van der Waals surface area (Å²) >= 11 is 0. The summed E-state index contributed by atoms with van der Waals surface area (Å²) in [6.07, 6.45) is 0. The largest absolute Gasteiger partial charge is 0.309 e. The van der Waals surface area contributed by atoms with Crippen molar-refractivity contribution in [2.45, 2.75) is 0 Å². The van der Waals surface area contributed by atoms with Crippen LogP contribution in [-0.4, -0.2) is 19.1 Å². The Morgan fingerprint density at radius 2 is 1.00 bits per heavy atom. The first kappa shape index (κ1) is 28.0. The van der Waals surface area contributed by atoms with Crippen LogP contribution in [0.3, 0.4) is 0 Å². The average Bonchev–Trinajstić information content (AvgIpc) is 3.70. The van der Waals surface area contributed by atoms with Crippen molar-refractivity contribution in [3.63, 3.8) is 0 Å². The molecule has 0 unspecified atom stereocenters. The number of benzene rings is 7. The summed E-state index contributed by atoms with van der Waals surface area (Å²) < 4.78 is 4.44. The molecule has 0 radical (unpaired) electrons. The number of fused-ring (bicyclic) bond motifs is 7. The Labute approximate surface area is 287 Å². The van der Waals surface area contributed by atoms with Gasteiger partial charge in [-0.25, -0.2) is 9.97 Å². The SMILES string of the molecule is N#Cc1cccc(-n2c3ccccc3c3cc(-c4ccc5c(c4)c4ccccc4n5-c4nc(-c5ccccc5)c5ccccc5n4)ccc32)c1. The van der Waals surface area contributed by atoms with Crippen LogP contribution in [0, 0.1) is 11.3 Å². The van der Waals surface area contributed by atoms with Crippen molar-refractivity contribution in [3.05, 3.63) is 169 Å². The first-order valence-corrected chi connectivity index (χ1v) is 16.6. The van der Waals surface area contributed by atoms with Crippen LogP contribution in [0.2, 0.25) is 0 Å². The third kappa shape index (κ3) is 4.26. The van der Waals surface area contributed by atoms with Crippen LogP contribution in [0.1, 0.15) is 5.56 Å². The second-order valence-corrected chi connectivity index (χ2v) is 12.6. The van der Waals surface area contributed by atoms with Gasteiger partial charge in [0.2, 0.25) is 5.95 Å². The molecule has 10 aromatic rings. The maximum atomic E-state index is 9.59. The quantitative estimate of drug-likeness (QED) is 0.193. The predicted octanol–water partition coefficient (Wildman–Crippen LogP) is 11.0. The van der Waals surface area contributed by atoms with Gasteiger partial charge in [0.05, 0.1) is 44.9 Å². The Kier molecular flexibility index (Phi) is 6.17. The van der Waals surface area contributed by atoms with Gasteiger partial charge >= 0.3 is 0 Å². The van der Waals surface area contributed by atoms with Crippen LogP contribution in [0.4, 0.5) is 0 Å². The monoisotopic (exact) mass is 637 g/mol. The number of nitrogens with zero attached hydrogens (tertiary/aromatic N) is 5. The zero-order valence-electron chi connectivity index (χ0n) is 26.8. The minimum atomic E-state index is 0.642. The summed E-state index contributed by atoms with van der Waals surface area (Å²) in [7, 11) is 0. The summed E-state index contributed by atoms with van der Waals surface area (Å²) in [6, 6.07) is 59.0. The molecular formula is C45H27N5. The highest BCUT2D eigenvalue weighted by Gasteiger charge is 2.19. The van der Waals surface area contributed by atoms with Gasteiger partial charge in [-0.05, 0) is 71.8 Å². The summed E-state index contributed by atoms with van der Waals surface area (Å²) in [6.45, 7) is 0. The highest BCUT2D eigenvalue weighted by molar-refractivity contribution is 6.12. The standard InChI is InChI=1S/C45H27N5/c46-28-29-11-10-14-33(25-29)49-40-19-8-5-15-34(40)37-26-31(21-23-42(37)49)32-22-24-43-38(27-32)35-16-6-9-20-41(35)50(43)45-47-39-18-7-4-17-36(39)44(48-45)30-12-2-1-3-13-30/h1-27H. The summed E-state index contributed by atoms with van der Waals surface area (Å²) in [5.74, 6) is 0.649. The lowest BCUT2D eigenvalue weighted by atomic mass is 10.0. The zero-order chi connectivity index (χ0) is 33.2. The molecule has 0 bridgehead atoms. The van der Waals surface area contributed by atoms with Gasteiger partial charge in [0.25, 0.3) is 0 Å². The van der Waals surface area contributed by atoms with E-state index in [1.165, 1.54) is 10.8 Å². The normalized spacial score (nSPS) is 11.6. The van der Waals surface area contributed by atoms with E-state index in [1.807, 2.05) is 36.4 Å². The van der Waals surface area contributed by atoms with E-state index in [0.29, 0.717) is 11.5 Å². The van der Waals surface area contributed by atoms with Crippen LogP contribution < -0.4 is 0 Å². The van der Waals surface area contributed by atoms with E-state index in [4.69, 9.17) is 9.97 Å². The van der Waals surface area contributed by atoms with E-state index in [2.05, 4.69) is 143 Å². The van der Waals surface area contributed by atoms with Gasteiger partial charge in [-0.3, -0.25) is 4.57 Å². The minimum absolute atomic E-state index is 0.642. The highest BCUT2D eigenvalue weighted by atomic mass is 15.2. The third-order valence-corrected chi connectivity index (χ3v) is 9.75. The Hall–Kier alpha value is -7.03. The van der Waals surface area contributed by atoms with Crippen molar-refractivity contribution >= 4 is 54.5 Å². The number of nitriles is 1. The molecule has 50 heavy (non-hydrogen) atoms. The number of hydrogen-bond donors (Lipinski definition) is 0. The highest BCUT2D eigenvalue weighted by Crippen LogP contribution is 2.38. The molecule has 7 aromatic carbocycles. The van der Waals surface area contributed by atoms with Crippen LogP contribution in [0.15, 0.2) is 164 Å². The lowest BCUT2D eigenvalue weighted by Gasteiger charge is -2.12. The van der Waals surface area contributed by atoms with Gasteiger partial charge in [-0.2, -0.15) is 5.26 Å². The average molecular weight is 638 g/mol. The van der Waals surface area contributed by atoms with Gasteiger partial charge in [0.1, 0.15) is 0 Å². The molecule has 0 amide bonds. The van der Waals surface area contributed by atoms with Crippen LogP contribution in [0.5, 0.6) is 0 Å². The Morgan fingerprint density at radius 1 is 0.420 bits per heavy atom. The minimum Gasteiger partial charge on any atom is -0.309 e. The Morgan fingerprint density at radius 3 is 1.70 bits per heavy atom. The van der Waals surface area contributed by atoms with Gasteiger partial charge in [0, 0.05) is 38.2 Å². The van der Waals surface area contributed by atoms with Crippen molar-refractivity contribution in [3.8, 4) is 40.1 Å².